The van der Waals surface area contributed by atoms with Crippen molar-refractivity contribution >= 4 is 31.6 Å². The predicted octanol–water partition coefficient (Wildman–Crippen LogP) is 1.57. The van der Waals surface area contributed by atoms with Gasteiger partial charge in [0.2, 0.25) is 0 Å². The second kappa shape index (κ2) is 6.99. The number of benzene rings is 1. The summed E-state index contributed by atoms with van der Waals surface area (Å²) in [7, 11) is -5.81. The summed E-state index contributed by atoms with van der Waals surface area (Å²) >= 11 is 0. The van der Waals surface area contributed by atoms with E-state index in [0.717, 1.165) is 0 Å². The number of nitrogens with zero attached hydrogens (tertiary/aromatic N) is 5. The van der Waals surface area contributed by atoms with E-state index in [9.17, 15) is 16.8 Å². The molecule has 2 aliphatic heterocycles. The highest BCUT2D eigenvalue weighted by Crippen LogP contribution is 2.42. The topological polar surface area (TPSA) is 95.8 Å². The zero-order valence-electron chi connectivity index (χ0n) is 16.7. The van der Waals surface area contributed by atoms with E-state index in [1.54, 1.807) is 42.9 Å². The third-order valence-corrected chi connectivity index (χ3v) is 9.36. The zero-order chi connectivity index (χ0) is 21.0. The lowest BCUT2D eigenvalue weighted by Gasteiger charge is -2.35. The molecule has 2 aromatic rings. The highest BCUT2D eigenvalue weighted by Gasteiger charge is 2.44. The van der Waals surface area contributed by atoms with Crippen molar-refractivity contribution in [2.45, 2.75) is 44.3 Å². The van der Waals surface area contributed by atoms with E-state index in [1.807, 2.05) is 13.0 Å². The fourth-order valence-electron chi connectivity index (χ4n) is 4.06. The van der Waals surface area contributed by atoms with E-state index in [4.69, 9.17) is 0 Å². The Morgan fingerprint density at radius 2 is 1.76 bits per heavy atom. The minimum atomic E-state index is -3.70. The standard InChI is InChI=1S/C18H25N5O4S2/c1-4-21-13-18(19-14(21)2)28(24,25)22-11-9-15(10-12-22)23-17-8-6-5-7-16(17)20(3)29(23,26)27/h5-8,13,15H,4,9-12H2,1-3H3. The molecule has 0 unspecified atom stereocenters. The molecule has 0 saturated carbocycles. The Kier molecular flexibility index (Phi) is 4.87. The maximum absolute atomic E-state index is 13.0. The van der Waals surface area contributed by atoms with Crippen molar-refractivity contribution in [2.75, 3.05) is 28.7 Å². The molecule has 1 aromatic heterocycles. The van der Waals surface area contributed by atoms with Crippen LogP contribution in [0.5, 0.6) is 0 Å². The van der Waals surface area contributed by atoms with Crippen LogP contribution in [0.3, 0.4) is 0 Å². The van der Waals surface area contributed by atoms with E-state index in [-0.39, 0.29) is 24.2 Å². The van der Waals surface area contributed by atoms with Crippen LogP contribution in [0.15, 0.2) is 35.5 Å². The first-order valence-corrected chi connectivity index (χ1v) is 12.4. The van der Waals surface area contributed by atoms with Crippen molar-refractivity contribution in [3.8, 4) is 0 Å². The second-order valence-electron chi connectivity index (χ2n) is 7.31. The largest absolute Gasteiger partial charge is 0.334 e. The van der Waals surface area contributed by atoms with Crippen LogP contribution in [0.1, 0.15) is 25.6 Å². The van der Waals surface area contributed by atoms with E-state index < -0.39 is 20.2 Å². The minimum absolute atomic E-state index is 0.0502. The Labute approximate surface area is 171 Å². The molecule has 0 amide bonds. The van der Waals surface area contributed by atoms with Gasteiger partial charge in [0.15, 0.2) is 5.03 Å². The van der Waals surface area contributed by atoms with Gasteiger partial charge in [-0.05, 0) is 38.8 Å². The smallest absolute Gasteiger partial charge is 0.326 e. The second-order valence-corrected chi connectivity index (χ2v) is 11.0. The molecule has 11 heteroatoms. The van der Waals surface area contributed by atoms with E-state index >= 15 is 0 Å². The molecule has 0 radical (unpaired) electrons. The number of sulfonamides is 1. The Bertz CT molecular complexity index is 1130. The molecule has 0 N–H and O–H groups in total. The Hall–Kier alpha value is -2.11. The molecule has 0 spiro atoms. The van der Waals surface area contributed by atoms with Gasteiger partial charge in [-0.25, -0.2) is 17.7 Å². The molecular formula is C18H25N5O4S2. The average Bonchev–Trinajstić information content (AvgIpc) is 3.18. The number of rotatable bonds is 4. The molecule has 0 atom stereocenters. The maximum Gasteiger partial charge on any atom is 0.326 e. The molecule has 1 fully saturated rings. The van der Waals surface area contributed by atoms with Gasteiger partial charge in [0.25, 0.3) is 10.0 Å². The van der Waals surface area contributed by atoms with Crippen molar-refractivity contribution in [2.24, 2.45) is 0 Å². The minimum Gasteiger partial charge on any atom is -0.334 e. The summed E-state index contributed by atoms with van der Waals surface area (Å²) in [5, 5.41) is 0.0502. The summed E-state index contributed by atoms with van der Waals surface area (Å²) in [5.41, 5.74) is 1.29. The number of para-hydroxylation sites is 2. The van der Waals surface area contributed by atoms with Crippen molar-refractivity contribution in [3.63, 3.8) is 0 Å². The first-order chi connectivity index (χ1) is 13.7. The molecule has 1 saturated heterocycles. The summed E-state index contributed by atoms with van der Waals surface area (Å²) in [4.78, 5) is 4.21. The zero-order valence-corrected chi connectivity index (χ0v) is 18.3. The summed E-state index contributed by atoms with van der Waals surface area (Å²) in [6, 6.07) is 6.90. The monoisotopic (exact) mass is 439 g/mol. The van der Waals surface area contributed by atoms with Crippen LogP contribution in [0.25, 0.3) is 0 Å². The fourth-order valence-corrected chi connectivity index (χ4v) is 7.18. The average molecular weight is 440 g/mol. The molecule has 4 rings (SSSR count). The number of hydrogen-bond acceptors (Lipinski definition) is 5. The Balaban J connectivity index is 1.55. The number of aryl methyl sites for hydroxylation is 2. The van der Waals surface area contributed by atoms with Crippen LogP contribution in [-0.4, -0.2) is 56.9 Å². The van der Waals surface area contributed by atoms with Gasteiger partial charge >= 0.3 is 10.2 Å². The molecule has 9 nitrogen and oxygen atoms in total. The molecule has 29 heavy (non-hydrogen) atoms. The van der Waals surface area contributed by atoms with Crippen LogP contribution in [0.2, 0.25) is 0 Å². The molecule has 158 valence electrons. The van der Waals surface area contributed by atoms with E-state index in [0.29, 0.717) is 36.6 Å². The summed E-state index contributed by atoms with van der Waals surface area (Å²) in [6.07, 6.45) is 2.41. The number of fused-ring (bicyclic) bond motifs is 1. The molecule has 1 aromatic carbocycles. The van der Waals surface area contributed by atoms with Crippen molar-refractivity contribution < 1.29 is 16.8 Å². The van der Waals surface area contributed by atoms with Crippen LogP contribution in [0, 0.1) is 6.92 Å². The number of anilines is 2. The highest BCUT2D eigenvalue weighted by atomic mass is 32.2. The fraction of sp³-hybridized carbons (Fsp3) is 0.500. The number of imidazole rings is 1. The molecule has 0 aliphatic carbocycles. The van der Waals surface area contributed by atoms with E-state index in [2.05, 4.69) is 4.98 Å². The van der Waals surface area contributed by atoms with Crippen molar-refractivity contribution in [1.82, 2.24) is 13.9 Å². The van der Waals surface area contributed by atoms with Crippen LogP contribution >= 0.6 is 0 Å². The summed E-state index contributed by atoms with van der Waals surface area (Å²) in [6.45, 7) is 4.87. The quantitative estimate of drug-likeness (QED) is 0.721. The van der Waals surface area contributed by atoms with Gasteiger partial charge in [0.1, 0.15) is 5.82 Å². The lowest BCUT2D eigenvalue weighted by Crippen LogP contribution is -2.49. The van der Waals surface area contributed by atoms with Crippen molar-refractivity contribution in [1.29, 1.82) is 0 Å². The summed E-state index contributed by atoms with van der Waals surface area (Å²) < 4.78 is 57.8. The maximum atomic E-state index is 13.0. The normalized spacial score (nSPS) is 20.2. The number of hydrogen-bond donors (Lipinski definition) is 0. The Morgan fingerprint density at radius 1 is 1.14 bits per heavy atom. The first-order valence-electron chi connectivity index (χ1n) is 9.59. The van der Waals surface area contributed by atoms with Gasteiger partial charge < -0.3 is 4.57 Å². The molecular weight excluding hydrogens is 414 g/mol. The predicted molar refractivity (Wildman–Crippen MR) is 111 cm³/mol. The highest BCUT2D eigenvalue weighted by molar-refractivity contribution is 7.94. The van der Waals surface area contributed by atoms with E-state index in [1.165, 1.54) is 12.9 Å². The molecule has 0 bridgehead atoms. The number of aromatic nitrogens is 2. The Morgan fingerprint density at radius 3 is 2.34 bits per heavy atom. The van der Waals surface area contributed by atoms with Crippen LogP contribution in [-0.2, 0) is 26.8 Å². The molecule has 2 aliphatic rings. The van der Waals surface area contributed by atoms with Gasteiger partial charge in [0, 0.05) is 38.9 Å². The van der Waals surface area contributed by atoms with Crippen LogP contribution < -0.4 is 8.61 Å². The van der Waals surface area contributed by atoms with Gasteiger partial charge in [0.05, 0.1) is 11.4 Å². The van der Waals surface area contributed by atoms with Gasteiger partial charge in [-0.1, -0.05) is 12.1 Å². The van der Waals surface area contributed by atoms with Crippen LogP contribution in [0.4, 0.5) is 11.4 Å². The lowest BCUT2D eigenvalue weighted by atomic mass is 10.1. The summed E-state index contributed by atoms with van der Waals surface area (Å²) in [5.74, 6) is 0.656. The SMILES string of the molecule is CCn1cc(S(=O)(=O)N2CCC(N3c4ccccc4N(C)S3(=O)=O)CC2)nc1C. The van der Waals surface area contributed by atoms with Crippen molar-refractivity contribution in [3.05, 3.63) is 36.3 Å². The lowest BCUT2D eigenvalue weighted by molar-refractivity contribution is 0.320. The first kappa shape index (κ1) is 20.2. The van der Waals surface area contributed by atoms with Gasteiger partial charge in [-0.3, -0.25) is 4.31 Å². The third-order valence-electron chi connectivity index (χ3n) is 5.71. The van der Waals surface area contributed by atoms with Gasteiger partial charge in [-0.2, -0.15) is 12.7 Å². The number of piperidine rings is 1. The third kappa shape index (κ3) is 3.11. The van der Waals surface area contributed by atoms with Gasteiger partial charge in [-0.15, -0.1) is 0 Å². The molecule has 3 heterocycles.